The maximum absolute atomic E-state index is 9.16. The van der Waals surface area contributed by atoms with Crippen LogP contribution in [0.1, 0.15) is 52.5 Å². The Hall–Kier alpha value is -1.51. The molecule has 1 aliphatic rings. The van der Waals surface area contributed by atoms with Crippen molar-refractivity contribution in [2.24, 2.45) is 5.41 Å². The minimum Gasteiger partial charge on any atom is -0.407 e. The van der Waals surface area contributed by atoms with Crippen molar-refractivity contribution >= 4 is 18.3 Å². The Morgan fingerprint density at radius 3 is 2.64 bits per heavy atom. The summed E-state index contributed by atoms with van der Waals surface area (Å²) >= 11 is 0. The Morgan fingerprint density at radius 2 is 1.95 bits per heavy atom. The van der Waals surface area contributed by atoms with E-state index in [2.05, 4.69) is 33.8 Å². The molecule has 1 heterocycles. The Morgan fingerprint density at radius 1 is 1.23 bits per heavy atom. The van der Waals surface area contributed by atoms with Crippen LogP contribution in [0.15, 0.2) is 18.2 Å². The second kappa shape index (κ2) is 6.32. The zero-order valence-corrected chi connectivity index (χ0v) is 14.0. The van der Waals surface area contributed by atoms with Gasteiger partial charge in [0.1, 0.15) is 6.07 Å². The Kier molecular flexibility index (Phi) is 4.84. The number of nitriles is 1. The van der Waals surface area contributed by atoms with E-state index >= 15 is 0 Å². The lowest BCUT2D eigenvalue weighted by Crippen LogP contribution is -2.50. The molecule has 2 N–H and O–H groups in total. The fraction of sp³-hybridized carbons (Fsp3) is 0.588. The van der Waals surface area contributed by atoms with Gasteiger partial charge in [0.15, 0.2) is 0 Å². The van der Waals surface area contributed by atoms with E-state index in [9.17, 15) is 0 Å². The average molecular weight is 300 g/mol. The van der Waals surface area contributed by atoms with Crippen LogP contribution in [0.25, 0.3) is 0 Å². The Bertz CT molecular complexity index is 579. The summed E-state index contributed by atoms with van der Waals surface area (Å²) in [7, 11) is -0.472. The van der Waals surface area contributed by atoms with E-state index in [0.717, 1.165) is 24.7 Å². The number of hydrogen-bond acceptors (Lipinski definition) is 4. The zero-order chi connectivity index (χ0) is 16.4. The minimum atomic E-state index is -0.472. The topological polar surface area (TPSA) is 68.3 Å². The summed E-state index contributed by atoms with van der Waals surface area (Å²) in [6.07, 6.45) is 3.23. The second-order valence-electron chi connectivity index (χ2n) is 7.13. The van der Waals surface area contributed by atoms with Gasteiger partial charge in [-0.2, -0.15) is 5.26 Å². The molecule has 0 bridgehead atoms. The van der Waals surface area contributed by atoms with Crippen LogP contribution in [0.3, 0.4) is 0 Å². The number of nitrogens with two attached hydrogens (primary N) is 1. The van der Waals surface area contributed by atoms with Gasteiger partial charge in [0.25, 0.3) is 0 Å². The molecule has 1 aromatic carbocycles. The number of nitrogens with zero attached hydrogens (tertiary/aromatic N) is 1. The number of rotatable bonds is 1. The molecular formula is C17H25BN2O2. The molecule has 0 aliphatic carbocycles. The first kappa shape index (κ1) is 16.9. The normalized spacial score (nSPS) is 21.3. The third-order valence-electron chi connectivity index (χ3n) is 4.97. The standard InChI is InChI=1S/C17H25BN2O2/c1-16(2)9-5-6-10-21-18(22-17(16,3)4)14-7-8-15(20)13(11-14)12-19/h7-8,11H,5-6,9-10,20H2,1-4H3. The monoisotopic (exact) mass is 300 g/mol. The summed E-state index contributed by atoms with van der Waals surface area (Å²) < 4.78 is 12.3. The van der Waals surface area contributed by atoms with Crippen LogP contribution < -0.4 is 11.2 Å². The third kappa shape index (κ3) is 3.45. The smallest absolute Gasteiger partial charge is 0.407 e. The Balaban J connectivity index is 2.34. The van der Waals surface area contributed by atoms with Crippen LogP contribution in [-0.2, 0) is 9.31 Å². The average Bonchev–Trinajstić information content (AvgIpc) is 2.49. The highest BCUT2D eigenvalue weighted by Gasteiger charge is 2.42. The fourth-order valence-electron chi connectivity index (χ4n) is 2.60. The summed E-state index contributed by atoms with van der Waals surface area (Å²) in [5, 5.41) is 9.16. The molecule has 0 aromatic heterocycles. The highest BCUT2D eigenvalue weighted by molar-refractivity contribution is 6.61. The van der Waals surface area contributed by atoms with Crippen molar-refractivity contribution in [3.05, 3.63) is 23.8 Å². The molecule has 1 fully saturated rings. The van der Waals surface area contributed by atoms with Gasteiger partial charge in [-0.25, -0.2) is 0 Å². The molecule has 1 aromatic rings. The predicted molar refractivity (Wildman–Crippen MR) is 89.7 cm³/mol. The van der Waals surface area contributed by atoms with Crippen molar-refractivity contribution in [2.45, 2.75) is 52.6 Å². The van der Waals surface area contributed by atoms with Crippen LogP contribution in [-0.4, -0.2) is 19.3 Å². The second-order valence-corrected chi connectivity index (χ2v) is 7.13. The van der Waals surface area contributed by atoms with Gasteiger partial charge in [0.05, 0.1) is 11.2 Å². The quantitative estimate of drug-likeness (QED) is 0.639. The van der Waals surface area contributed by atoms with Crippen molar-refractivity contribution in [3.63, 3.8) is 0 Å². The summed E-state index contributed by atoms with van der Waals surface area (Å²) in [5.41, 5.74) is 7.30. The molecule has 0 amide bonds. The largest absolute Gasteiger partial charge is 0.494 e. The number of anilines is 1. The van der Waals surface area contributed by atoms with Crippen molar-refractivity contribution in [1.29, 1.82) is 5.26 Å². The van der Waals surface area contributed by atoms with Gasteiger partial charge in [-0.1, -0.05) is 26.3 Å². The molecule has 1 saturated heterocycles. The van der Waals surface area contributed by atoms with Gasteiger partial charge in [0.2, 0.25) is 0 Å². The van der Waals surface area contributed by atoms with Crippen molar-refractivity contribution in [2.75, 3.05) is 12.3 Å². The van der Waals surface area contributed by atoms with Gasteiger partial charge in [-0.05, 0) is 49.7 Å². The summed E-state index contributed by atoms with van der Waals surface area (Å²) in [4.78, 5) is 0. The van der Waals surface area contributed by atoms with E-state index in [0.29, 0.717) is 17.9 Å². The minimum absolute atomic E-state index is 0.0464. The third-order valence-corrected chi connectivity index (χ3v) is 4.97. The van der Waals surface area contributed by atoms with Crippen molar-refractivity contribution in [1.82, 2.24) is 0 Å². The SMILES string of the molecule is CC1(C)CCCCOB(c2ccc(N)c(C#N)c2)OC1(C)C. The number of nitrogen functional groups attached to an aromatic ring is 1. The highest BCUT2D eigenvalue weighted by Crippen LogP contribution is 2.39. The molecular weight excluding hydrogens is 275 g/mol. The molecule has 2 rings (SSSR count). The molecule has 22 heavy (non-hydrogen) atoms. The van der Waals surface area contributed by atoms with E-state index in [1.807, 2.05) is 6.07 Å². The van der Waals surface area contributed by atoms with E-state index in [1.165, 1.54) is 0 Å². The lowest BCUT2D eigenvalue weighted by molar-refractivity contribution is -0.0286. The van der Waals surface area contributed by atoms with Gasteiger partial charge in [-0.3, -0.25) is 0 Å². The highest BCUT2D eigenvalue weighted by atomic mass is 16.6. The Labute approximate surface area is 133 Å². The number of hydrogen-bond donors (Lipinski definition) is 1. The van der Waals surface area contributed by atoms with E-state index < -0.39 is 7.12 Å². The lowest BCUT2D eigenvalue weighted by Gasteiger charge is -2.42. The van der Waals surface area contributed by atoms with E-state index in [4.69, 9.17) is 20.3 Å². The van der Waals surface area contributed by atoms with Crippen molar-refractivity contribution in [3.8, 4) is 6.07 Å². The van der Waals surface area contributed by atoms with Gasteiger partial charge >= 0.3 is 7.12 Å². The molecule has 0 radical (unpaired) electrons. The maximum atomic E-state index is 9.16. The van der Waals surface area contributed by atoms with Gasteiger partial charge in [0, 0.05) is 12.3 Å². The van der Waals surface area contributed by atoms with Crippen LogP contribution in [0, 0.1) is 16.7 Å². The molecule has 0 atom stereocenters. The predicted octanol–water partition coefficient (Wildman–Crippen LogP) is 2.86. The van der Waals surface area contributed by atoms with E-state index in [1.54, 1.807) is 12.1 Å². The zero-order valence-electron chi connectivity index (χ0n) is 14.0. The molecule has 4 nitrogen and oxygen atoms in total. The summed E-state index contributed by atoms with van der Waals surface area (Å²) in [6.45, 7) is 9.34. The fourth-order valence-corrected chi connectivity index (χ4v) is 2.60. The first-order chi connectivity index (χ1) is 10.3. The lowest BCUT2D eigenvalue weighted by atomic mass is 9.70. The molecule has 1 aliphatic heterocycles. The molecule has 0 spiro atoms. The van der Waals surface area contributed by atoms with Gasteiger partial charge < -0.3 is 15.0 Å². The van der Waals surface area contributed by atoms with Crippen LogP contribution >= 0.6 is 0 Å². The van der Waals surface area contributed by atoms with Crippen LogP contribution in [0.4, 0.5) is 5.69 Å². The van der Waals surface area contributed by atoms with Gasteiger partial charge in [-0.15, -0.1) is 0 Å². The summed E-state index contributed by atoms with van der Waals surface area (Å²) in [5.74, 6) is 0. The van der Waals surface area contributed by atoms with Crippen LogP contribution in [0.5, 0.6) is 0 Å². The molecule has 0 saturated carbocycles. The summed E-state index contributed by atoms with van der Waals surface area (Å²) in [6, 6.07) is 7.50. The molecule has 0 unspecified atom stereocenters. The molecule has 5 heteroatoms. The van der Waals surface area contributed by atoms with Crippen molar-refractivity contribution < 1.29 is 9.31 Å². The first-order valence-corrected chi connectivity index (χ1v) is 7.86. The maximum Gasteiger partial charge on any atom is 0.494 e. The van der Waals surface area contributed by atoms with E-state index in [-0.39, 0.29) is 11.0 Å². The molecule has 118 valence electrons. The first-order valence-electron chi connectivity index (χ1n) is 7.86. The number of benzene rings is 1. The van der Waals surface area contributed by atoms with Crippen LogP contribution in [0.2, 0.25) is 0 Å².